The van der Waals surface area contributed by atoms with E-state index in [1.165, 1.54) is 0 Å². The maximum absolute atomic E-state index is 13.2. The lowest BCUT2D eigenvalue weighted by Crippen LogP contribution is -2.56. The van der Waals surface area contributed by atoms with Gasteiger partial charge in [-0.3, -0.25) is 4.90 Å². The molecule has 2 N–H and O–H groups in total. The molecule has 0 radical (unpaired) electrons. The molecule has 8 nitrogen and oxygen atoms in total. The van der Waals surface area contributed by atoms with Crippen molar-refractivity contribution in [3.8, 4) is 0 Å². The van der Waals surface area contributed by atoms with Crippen LogP contribution in [0.15, 0.2) is 64.0 Å². The minimum atomic E-state index is -3.45. The molecule has 0 bridgehead atoms. The predicted octanol–water partition coefficient (Wildman–Crippen LogP) is 2.99. The molecule has 1 aliphatic carbocycles. The monoisotopic (exact) mass is 515 g/mol. The first-order valence-electron chi connectivity index (χ1n) is 12.0. The average molecular weight is 516 g/mol. The maximum atomic E-state index is 13.2. The molecule has 1 atom stereocenters. The minimum absolute atomic E-state index is 0.202. The molecule has 2 heterocycles. The molecule has 0 amide bonds. The van der Waals surface area contributed by atoms with Gasteiger partial charge in [-0.05, 0) is 42.7 Å². The van der Waals surface area contributed by atoms with E-state index in [0.717, 1.165) is 37.2 Å². The molecular weight excluding hydrogens is 486 g/mol. The average Bonchev–Trinajstić information content (AvgIpc) is 3.32. The fourth-order valence-corrected chi connectivity index (χ4v) is 6.85. The standard InChI is InChI=1S/C25H30ClN5O3S/c26-20-9-7-19(8-10-20)25(11-4-12-25)24-29-22(34-30-24)17-27-13-15-31-16-14-28-18-23(31)35(32,33)21-5-2-1-3-6-21/h1-3,5-10,23,27-28H,4,11-18H2. The van der Waals surface area contributed by atoms with Gasteiger partial charge in [0.1, 0.15) is 5.37 Å². The van der Waals surface area contributed by atoms with Crippen molar-refractivity contribution in [1.82, 2.24) is 25.7 Å². The normalized spacial score (nSPS) is 20.4. The summed E-state index contributed by atoms with van der Waals surface area (Å²) >= 11 is 6.07. The van der Waals surface area contributed by atoms with Crippen LogP contribution in [-0.2, 0) is 21.8 Å². The number of nitrogens with zero attached hydrogens (tertiary/aromatic N) is 3. The SMILES string of the molecule is O=S(=O)(c1ccccc1)C1CNCCN1CCNCc1nc(C2(c3ccc(Cl)cc3)CCC2)no1. The Kier molecular flexibility index (Phi) is 7.22. The molecule has 1 unspecified atom stereocenters. The first kappa shape index (κ1) is 24.4. The van der Waals surface area contributed by atoms with E-state index in [4.69, 9.17) is 16.1 Å². The van der Waals surface area contributed by atoms with E-state index >= 15 is 0 Å². The summed E-state index contributed by atoms with van der Waals surface area (Å²) in [6, 6.07) is 16.6. The highest BCUT2D eigenvalue weighted by Gasteiger charge is 2.44. The zero-order valence-corrected chi connectivity index (χ0v) is 21.1. The summed E-state index contributed by atoms with van der Waals surface area (Å²) in [7, 11) is -3.45. The van der Waals surface area contributed by atoms with Crippen molar-refractivity contribution in [3.63, 3.8) is 0 Å². The Balaban J connectivity index is 1.18. The minimum Gasteiger partial charge on any atom is -0.338 e. The van der Waals surface area contributed by atoms with Crippen molar-refractivity contribution in [2.24, 2.45) is 0 Å². The van der Waals surface area contributed by atoms with Gasteiger partial charge < -0.3 is 15.2 Å². The number of benzene rings is 2. The van der Waals surface area contributed by atoms with E-state index in [1.807, 2.05) is 35.2 Å². The van der Waals surface area contributed by atoms with Gasteiger partial charge in [0.25, 0.3) is 0 Å². The molecule has 10 heteroatoms. The highest BCUT2D eigenvalue weighted by Crippen LogP contribution is 2.47. The molecule has 2 fully saturated rings. The van der Waals surface area contributed by atoms with Crippen LogP contribution in [0.25, 0.3) is 0 Å². The molecule has 0 spiro atoms. The molecule has 186 valence electrons. The zero-order chi connectivity index (χ0) is 24.3. The fourth-order valence-electron chi connectivity index (χ4n) is 4.93. The van der Waals surface area contributed by atoms with Gasteiger partial charge >= 0.3 is 0 Å². The first-order chi connectivity index (χ1) is 17.0. The summed E-state index contributed by atoms with van der Waals surface area (Å²) < 4.78 is 31.9. The number of rotatable bonds is 9. The molecule has 35 heavy (non-hydrogen) atoms. The van der Waals surface area contributed by atoms with E-state index in [9.17, 15) is 8.42 Å². The van der Waals surface area contributed by atoms with Crippen LogP contribution in [0.1, 0.15) is 36.5 Å². The van der Waals surface area contributed by atoms with Crippen LogP contribution in [0.2, 0.25) is 5.02 Å². The number of halogens is 1. The Hall–Kier alpha value is -2.30. The van der Waals surface area contributed by atoms with Gasteiger partial charge in [-0.25, -0.2) is 8.42 Å². The fraction of sp³-hybridized carbons (Fsp3) is 0.440. The van der Waals surface area contributed by atoms with Crippen LogP contribution in [0.3, 0.4) is 0 Å². The van der Waals surface area contributed by atoms with Gasteiger partial charge in [0.15, 0.2) is 15.7 Å². The number of aromatic nitrogens is 2. The van der Waals surface area contributed by atoms with Crippen LogP contribution < -0.4 is 10.6 Å². The first-order valence-corrected chi connectivity index (χ1v) is 13.9. The third-order valence-electron chi connectivity index (χ3n) is 7.08. The number of hydrogen-bond acceptors (Lipinski definition) is 8. The molecule has 1 aliphatic heterocycles. The van der Waals surface area contributed by atoms with Crippen LogP contribution in [0.4, 0.5) is 0 Å². The summed E-state index contributed by atoms with van der Waals surface area (Å²) in [5.74, 6) is 1.26. The highest BCUT2D eigenvalue weighted by molar-refractivity contribution is 7.92. The molecule has 3 aromatic rings. The zero-order valence-electron chi connectivity index (χ0n) is 19.5. The van der Waals surface area contributed by atoms with Gasteiger partial charge in [0.2, 0.25) is 5.89 Å². The lowest BCUT2D eigenvalue weighted by Gasteiger charge is -2.39. The number of sulfone groups is 1. The Morgan fingerprint density at radius 1 is 1.14 bits per heavy atom. The number of piperazine rings is 1. The Morgan fingerprint density at radius 2 is 1.91 bits per heavy atom. The van der Waals surface area contributed by atoms with E-state index in [-0.39, 0.29) is 5.41 Å². The van der Waals surface area contributed by atoms with Crippen LogP contribution in [0, 0.1) is 0 Å². The highest BCUT2D eigenvalue weighted by atomic mass is 35.5. The summed E-state index contributed by atoms with van der Waals surface area (Å²) in [6.45, 7) is 3.51. The third-order valence-corrected chi connectivity index (χ3v) is 9.45. The molecule has 2 aliphatic rings. The molecular formula is C25H30ClN5O3S. The van der Waals surface area contributed by atoms with Crippen molar-refractivity contribution >= 4 is 21.4 Å². The molecule has 1 saturated carbocycles. The summed E-state index contributed by atoms with van der Waals surface area (Å²) in [5.41, 5.74) is 0.962. The van der Waals surface area contributed by atoms with Gasteiger partial charge in [0, 0.05) is 37.7 Å². The molecule has 5 rings (SSSR count). The lowest BCUT2D eigenvalue weighted by molar-refractivity contribution is 0.209. The second-order valence-electron chi connectivity index (χ2n) is 9.18. The van der Waals surface area contributed by atoms with E-state index in [0.29, 0.717) is 48.5 Å². The molecule has 1 aromatic heterocycles. The molecule has 2 aromatic carbocycles. The topological polar surface area (TPSA) is 100 Å². The number of hydrogen-bond donors (Lipinski definition) is 2. The Morgan fingerprint density at radius 3 is 2.63 bits per heavy atom. The van der Waals surface area contributed by atoms with Crippen molar-refractivity contribution in [2.45, 2.75) is 41.5 Å². The van der Waals surface area contributed by atoms with Gasteiger partial charge in [-0.2, -0.15) is 4.98 Å². The second-order valence-corrected chi connectivity index (χ2v) is 11.7. The van der Waals surface area contributed by atoms with Crippen LogP contribution in [0.5, 0.6) is 0 Å². The summed E-state index contributed by atoms with van der Waals surface area (Å²) in [6.07, 6.45) is 3.10. The van der Waals surface area contributed by atoms with Crippen molar-refractivity contribution in [1.29, 1.82) is 0 Å². The quantitative estimate of drug-likeness (QED) is 0.419. The van der Waals surface area contributed by atoms with Gasteiger partial charge in [0.05, 0.1) is 16.9 Å². The van der Waals surface area contributed by atoms with Crippen molar-refractivity contribution in [2.75, 3.05) is 32.7 Å². The van der Waals surface area contributed by atoms with Crippen molar-refractivity contribution in [3.05, 3.63) is 76.9 Å². The van der Waals surface area contributed by atoms with Gasteiger partial charge in [-0.15, -0.1) is 0 Å². The maximum Gasteiger partial charge on any atom is 0.240 e. The number of nitrogens with one attached hydrogen (secondary N) is 2. The smallest absolute Gasteiger partial charge is 0.240 e. The third kappa shape index (κ3) is 5.01. The van der Waals surface area contributed by atoms with Gasteiger partial charge in [-0.1, -0.05) is 53.5 Å². The second kappa shape index (κ2) is 10.4. The Labute approximate surface area is 211 Å². The lowest BCUT2D eigenvalue weighted by atomic mass is 9.64. The van der Waals surface area contributed by atoms with Crippen LogP contribution >= 0.6 is 11.6 Å². The molecule has 1 saturated heterocycles. The van der Waals surface area contributed by atoms with E-state index in [2.05, 4.69) is 20.8 Å². The van der Waals surface area contributed by atoms with E-state index in [1.54, 1.807) is 24.3 Å². The largest absolute Gasteiger partial charge is 0.338 e. The Bertz CT molecular complexity index is 1230. The van der Waals surface area contributed by atoms with E-state index < -0.39 is 15.2 Å². The summed E-state index contributed by atoms with van der Waals surface area (Å²) in [4.78, 5) is 7.07. The predicted molar refractivity (Wildman–Crippen MR) is 134 cm³/mol. The van der Waals surface area contributed by atoms with Crippen LogP contribution in [-0.4, -0.2) is 61.6 Å². The summed E-state index contributed by atoms with van der Waals surface area (Å²) in [5, 5.41) is 11.0. The van der Waals surface area contributed by atoms with Crippen molar-refractivity contribution < 1.29 is 12.9 Å².